The number of carbonyl (C=O) groups is 1. The van der Waals surface area contributed by atoms with Crippen LogP contribution in [0.4, 0.5) is 5.69 Å². The minimum Gasteiger partial charge on any atom is -0.322 e. The summed E-state index contributed by atoms with van der Waals surface area (Å²) in [5.41, 5.74) is 2.34. The van der Waals surface area contributed by atoms with E-state index in [4.69, 9.17) is 11.6 Å². The van der Waals surface area contributed by atoms with Gasteiger partial charge >= 0.3 is 0 Å². The van der Waals surface area contributed by atoms with Gasteiger partial charge in [0, 0.05) is 18.1 Å². The summed E-state index contributed by atoms with van der Waals surface area (Å²) in [4.78, 5) is 15.7. The van der Waals surface area contributed by atoms with E-state index >= 15 is 0 Å². The van der Waals surface area contributed by atoms with Crippen molar-refractivity contribution in [2.75, 3.05) is 5.32 Å². The van der Waals surface area contributed by atoms with Crippen molar-refractivity contribution >= 4 is 23.2 Å². The predicted molar refractivity (Wildman–Crippen MR) is 68.4 cm³/mol. The number of rotatable bonds is 2. The minimum absolute atomic E-state index is 0.219. The molecule has 1 aromatic carbocycles. The molecule has 0 spiro atoms. The molecule has 1 amide bonds. The van der Waals surface area contributed by atoms with E-state index in [1.165, 1.54) is 12.4 Å². The van der Waals surface area contributed by atoms with Crippen LogP contribution in [0.15, 0.2) is 42.7 Å². The number of carbonyl (C=O) groups excluding carboxylic acids is 1. The number of benzene rings is 1. The second-order valence-electron chi connectivity index (χ2n) is 3.71. The molecular weight excluding hydrogens is 236 g/mol. The molecule has 0 aliphatic heterocycles. The second-order valence-corrected chi connectivity index (χ2v) is 4.15. The van der Waals surface area contributed by atoms with E-state index in [9.17, 15) is 4.79 Å². The molecule has 0 fully saturated rings. The van der Waals surface area contributed by atoms with E-state index in [0.29, 0.717) is 10.6 Å². The number of halogens is 1. The lowest BCUT2D eigenvalue weighted by Crippen LogP contribution is -2.12. The van der Waals surface area contributed by atoms with E-state index < -0.39 is 0 Å². The van der Waals surface area contributed by atoms with Crippen LogP contribution in [0.25, 0.3) is 0 Å². The Labute approximate surface area is 104 Å². The maximum absolute atomic E-state index is 11.8. The highest BCUT2D eigenvalue weighted by molar-refractivity contribution is 6.30. The molecule has 0 unspecified atom stereocenters. The molecule has 17 heavy (non-hydrogen) atoms. The quantitative estimate of drug-likeness (QED) is 0.884. The topological polar surface area (TPSA) is 42.0 Å². The maximum Gasteiger partial charge on any atom is 0.257 e. The van der Waals surface area contributed by atoms with Crippen LogP contribution >= 0.6 is 11.6 Å². The van der Waals surface area contributed by atoms with E-state index in [1.54, 1.807) is 6.07 Å². The van der Waals surface area contributed by atoms with E-state index in [2.05, 4.69) is 10.3 Å². The summed E-state index contributed by atoms with van der Waals surface area (Å²) in [7, 11) is 0. The highest BCUT2D eigenvalue weighted by atomic mass is 35.5. The first-order valence-electron chi connectivity index (χ1n) is 5.14. The number of nitrogens with zero attached hydrogens (tertiary/aromatic N) is 1. The molecule has 2 aromatic rings. The third-order valence-electron chi connectivity index (χ3n) is 2.28. The zero-order valence-corrected chi connectivity index (χ0v) is 10.0. The summed E-state index contributed by atoms with van der Waals surface area (Å²) in [5.74, 6) is -0.219. The summed E-state index contributed by atoms with van der Waals surface area (Å²) in [6.07, 6.45) is 2.97. The van der Waals surface area contributed by atoms with E-state index in [1.807, 2.05) is 31.2 Å². The van der Waals surface area contributed by atoms with Gasteiger partial charge in [-0.15, -0.1) is 0 Å². The lowest BCUT2D eigenvalue weighted by molar-refractivity contribution is 0.102. The van der Waals surface area contributed by atoms with Crippen molar-refractivity contribution in [1.82, 2.24) is 4.98 Å². The van der Waals surface area contributed by atoms with E-state index in [0.717, 1.165) is 11.3 Å². The Balaban J connectivity index is 2.14. The number of nitrogens with one attached hydrogen (secondary N) is 1. The molecule has 3 nitrogen and oxygen atoms in total. The Morgan fingerprint density at radius 2 is 1.94 bits per heavy atom. The van der Waals surface area contributed by atoms with Gasteiger partial charge in [0.2, 0.25) is 0 Å². The Kier molecular flexibility index (Phi) is 3.40. The molecule has 86 valence electrons. The summed E-state index contributed by atoms with van der Waals surface area (Å²) in [5, 5.41) is 3.22. The fourth-order valence-electron chi connectivity index (χ4n) is 1.38. The first kappa shape index (κ1) is 11.6. The third kappa shape index (κ3) is 3.04. The van der Waals surface area contributed by atoms with Crippen LogP contribution in [-0.4, -0.2) is 10.9 Å². The minimum atomic E-state index is -0.219. The summed E-state index contributed by atoms with van der Waals surface area (Å²) >= 11 is 5.77. The molecule has 0 saturated carbocycles. The van der Waals surface area contributed by atoms with Gasteiger partial charge in [0.1, 0.15) is 0 Å². The average molecular weight is 247 g/mol. The number of hydrogen-bond donors (Lipinski definition) is 1. The van der Waals surface area contributed by atoms with Gasteiger partial charge in [-0.25, -0.2) is 0 Å². The lowest BCUT2D eigenvalue weighted by atomic mass is 10.2. The van der Waals surface area contributed by atoms with Crippen LogP contribution in [0.5, 0.6) is 0 Å². The zero-order valence-electron chi connectivity index (χ0n) is 9.27. The van der Waals surface area contributed by atoms with Gasteiger partial charge in [0.25, 0.3) is 5.91 Å². The Morgan fingerprint density at radius 1 is 1.24 bits per heavy atom. The molecule has 0 aliphatic carbocycles. The third-order valence-corrected chi connectivity index (χ3v) is 2.48. The average Bonchev–Trinajstić information content (AvgIpc) is 2.32. The van der Waals surface area contributed by atoms with Crippen molar-refractivity contribution in [3.8, 4) is 0 Å². The molecule has 0 bridgehead atoms. The molecule has 1 heterocycles. The molecular formula is C13H11ClN2O. The smallest absolute Gasteiger partial charge is 0.257 e. The monoisotopic (exact) mass is 246 g/mol. The fourth-order valence-corrected chi connectivity index (χ4v) is 1.55. The van der Waals surface area contributed by atoms with Crippen molar-refractivity contribution in [2.24, 2.45) is 0 Å². The first-order valence-corrected chi connectivity index (χ1v) is 5.51. The van der Waals surface area contributed by atoms with Crippen LogP contribution in [0.1, 0.15) is 15.9 Å². The second kappa shape index (κ2) is 4.97. The molecule has 2 rings (SSSR count). The predicted octanol–water partition coefficient (Wildman–Crippen LogP) is 3.30. The van der Waals surface area contributed by atoms with Gasteiger partial charge in [-0.05, 0) is 25.1 Å². The number of amides is 1. The lowest BCUT2D eigenvalue weighted by Gasteiger charge is -2.05. The Morgan fingerprint density at radius 3 is 2.59 bits per heavy atom. The molecule has 4 heteroatoms. The van der Waals surface area contributed by atoms with Gasteiger partial charge in [0.05, 0.1) is 10.6 Å². The van der Waals surface area contributed by atoms with Crippen LogP contribution in [0, 0.1) is 6.92 Å². The van der Waals surface area contributed by atoms with Gasteiger partial charge in [-0.3, -0.25) is 9.78 Å². The van der Waals surface area contributed by atoms with Crippen LogP contribution in [0.3, 0.4) is 0 Å². The van der Waals surface area contributed by atoms with Gasteiger partial charge in [0.15, 0.2) is 0 Å². The molecule has 0 atom stereocenters. The molecule has 0 aliphatic rings. The Bertz CT molecular complexity index is 537. The van der Waals surface area contributed by atoms with Gasteiger partial charge in [-0.1, -0.05) is 29.3 Å². The SMILES string of the molecule is Cc1ccc(NC(=O)c2cncc(Cl)c2)cc1. The summed E-state index contributed by atoms with van der Waals surface area (Å²) < 4.78 is 0. The van der Waals surface area contributed by atoms with Crippen LogP contribution < -0.4 is 5.32 Å². The van der Waals surface area contributed by atoms with Crippen molar-refractivity contribution in [3.63, 3.8) is 0 Å². The van der Waals surface area contributed by atoms with E-state index in [-0.39, 0.29) is 5.91 Å². The van der Waals surface area contributed by atoms with Crippen molar-refractivity contribution in [2.45, 2.75) is 6.92 Å². The van der Waals surface area contributed by atoms with Gasteiger partial charge in [-0.2, -0.15) is 0 Å². The summed E-state index contributed by atoms with van der Waals surface area (Å²) in [6, 6.07) is 9.16. The zero-order chi connectivity index (χ0) is 12.3. The maximum atomic E-state index is 11.8. The molecule has 0 radical (unpaired) electrons. The highest BCUT2D eigenvalue weighted by Gasteiger charge is 2.06. The molecule has 1 N–H and O–H groups in total. The molecule has 0 saturated heterocycles. The standard InChI is InChI=1S/C13H11ClN2O/c1-9-2-4-12(5-3-9)16-13(17)10-6-11(14)8-15-7-10/h2-8H,1H3,(H,16,17). The fraction of sp³-hybridized carbons (Fsp3) is 0.0769. The number of pyridine rings is 1. The van der Waals surface area contributed by atoms with Crippen molar-refractivity contribution in [1.29, 1.82) is 0 Å². The number of anilines is 1. The molecule has 1 aromatic heterocycles. The van der Waals surface area contributed by atoms with Crippen molar-refractivity contribution < 1.29 is 4.79 Å². The highest BCUT2D eigenvalue weighted by Crippen LogP contribution is 2.12. The summed E-state index contributed by atoms with van der Waals surface area (Å²) in [6.45, 7) is 1.99. The van der Waals surface area contributed by atoms with Gasteiger partial charge < -0.3 is 5.32 Å². The largest absolute Gasteiger partial charge is 0.322 e. The number of aromatic nitrogens is 1. The van der Waals surface area contributed by atoms with Crippen LogP contribution in [0.2, 0.25) is 5.02 Å². The van der Waals surface area contributed by atoms with Crippen LogP contribution in [-0.2, 0) is 0 Å². The normalized spacial score (nSPS) is 10.0. The number of hydrogen-bond acceptors (Lipinski definition) is 2. The first-order chi connectivity index (χ1) is 8.15. The number of aryl methyl sites for hydroxylation is 1. The Hall–Kier alpha value is -1.87. The van der Waals surface area contributed by atoms with Crippen molar-refractivity contribution in [3.05, 3.63) is 58.9 Å².